The fourth-order valence-corrected chi connectivity index (χ4v) is 9.44. The topological polar surface area (TPSA) is 184 Å². The van der Waals surface area contributed by atoms with Gasteiger partial charge in [0.2, 0.25) is 23.4 Å². The third-order valence-electron chi connectivity index (χ3n) is 13.0. The Hall–Kier alpha value is -5.86. The molecule has 5 aliphatic heterocycles. The first-order valence-electron chi connectivity index (χ1n) is 21.8. The molecular formula is C42H53FN16O3. The van der Waals surface area contributed by atoms with Crippen LogP contribution in [0.25, 0.3) is 22.6 Å². The number of piperidine rings is 2. The second-order valence-electron chi connectivity index (χ2n) is 17.4. The van der Waals surface area contributed by atoms with Crippen molar-refractivity contribution in [2.24, 2.45) is 18.9 Å². The molecule has 0 saturated carbocycles. The molecule has 0 spiro atoms. The van der Waals surface area contributed by atoms with Gasteiger partial charge in [0.25, 0.3) is 0 Å². The lowest BCUT2D eigenvalue weighted by Gasteiger charge is -2.45. The van der Waals surface area contributed by atoms with Gasteiger partial charge >= 0.3 is 0 Å². The number of hydrogen-bond acceptors (Lipinski definition) is 16. The van der Waals surface area contributed by atoms with Gasteiger partial charge in [-0.2, -0.15) is 5.10 Å². The average Bonchev–Trinajstić information content (AvgIpc) is 3.89. The van der Waals surface area contributed by atoms with Crippen molar-refractivity contribution >= 4 is 46.1 Å². The molecule has 5 saturated heterocycles. The van der Waals surface area contributed by atoms with E-state index in [-0.39, 0.29) is 30.2 Å². The van der Waals surface area contributed by atoms with Gasteiger partial charge in [0.15, 0.2) is 5.65 Å². The molecule has 4 aromatic heterocycles. The number of rotatable bonds is 12. The predicted molar refractivity (Wildman–Crippen MR) is 229 cm³/mol. The number of piperazine rings is 1. The third-order valence-corrected chi connectivity index (χ3v) is 13.0. The monoisotopic (exact) mass is 848 g/mol. The number of benzene rings is 1. The first kappa shape index (κ1) is 40.2. The van der Waals surface area contributed by atoms with Crippen molar-refractivity contribution in [1.29, 1.82) is 0 Å². The van der Waals surface area contributed by atoms with Crippen LogP contribution in [-0.2, 0) is 27.9 Å². The van der Waals surface area contributed by atoms with Crippen LogP contribution in [0.5, 0.6) is 0 Å². The van der Waals surface area contributed by atoms with E-state index in [1.807, 2.05) is 31.7 Å². The quantitative estimate of drug-likeness (QED) is 0.173. The summed E-state index contributed by atoms with van der Waals surface area (Å²) < 4.78 is 24.8. The van der Waals surface area contributed by atoms with E-state index >= 15 is 4.39 Å². The molecule has 1 aromatic carbocycles. The van der Waals surface area contributed by atoms with E-state index in [2.05, 4.69) is 60.5 Å². The number of halogens is 1. The summed E-state index contributed by atoms with van der Waals surface area (Å²) in [7, 11) is 1.87. The highest BCUT2D eigenvalue weighted by atomic mass is 19.1. The predicted octanol–water partition coefficient (Wildman–Crippen LogP) is 1.64. The number of fused-ring (bicyclic) bond motifs is 1. The highest BCUT2D eigenvalue weighted by molar-refractivity contribution is 6.01. The van der Waals surface area contributed by atoms with Crippen LogP contribution in [0.1, 0.15) is 25.7 Å². The third kappa shape index (κ3) is 8.89. The van der Waals surface area contributed by atoms with Gasteiger partial charge in [-0.1, -0.05) is 5.21 Å². The standard InChI is InChI=1S/C42H53FN16O3/c1-53-25-30(17-47-53)36-20-44-40-39(49-36)51-52-59(40)27-33-26-57(14-15-62-33)42-45-18-32(19-46-42)58-23-29(24-58)22-55-12-10-54(11-13-55)21-28-6-8-56(9-7-28)37-4-2-31(16-34(37)43)48-35-3-5-38(60)50-41(35)61/h2,4,16-20,25,28-29,33,35,48H,3,5-15,21-24,26-27H2,1H3,(H,50,60,61)/t33-,35?/m0/s1. The molecule has 0 radical (unpaired) electrons. The summed E-state index contributed by atoms with van der Waals surface area (Å²) >= 11 is 0. The van der Waals surface area contributed by atoms with Crippen LogP contribution < -0.4 is 25.3 Å². The van der Waals surface area contributed by atoms with Crippen molar-refractivity contribution in [1.82, 2.24) is 59.8 Å². The van der Waals surface area contributed by atoms with E-state index < -0.39 is 6.04 Å². The van der Waals surface area contributed by atoms with E-state index in [1.54, 1.807) is 27.8 Å². The van der Waals surface area contributed by atoms with Crippen molar-refractivity contribution in [3.8, 4) is 11.3 Å². The molecule has 19 nitrogen and oxygen atoms in total. The normalized spacial score (nSPS) is 22.3. The van der Waals surface area contributed by atoms with Crippen LogP contribution in [0.15, 0.2) is 49.2 Å². The molecule has 0 aliphatic carbocycles. The Balaban J connectivity index is 0.626. The van der Waals surface area contributed by atoms with Gasteiger partial charge in [-0.3, -0.25) is 19.6 Å². The largest absolute Gasteiger partial charge is 0.374 e. The Bertz CT molecular complexity index is 2370. The number of amides is 2. The van der Waals surface area contributed by atoms with Crippen LogP contribution >= 0.6 is 0 Å². The number of anilines is 4. The first-order chi connectivity index (χ1) is 30.3. The van der Waals surface area contributed by atoms with Crippen molar-refractivity contribution in [2.75, 3.05) is 105 Å². The molecule has 1 unspecified atom stereocenters. The van der Waals surface area contributed by atoms with E-state index in [0.717, 1.165) is 89.5 Å². The summed E-state index contributed by atoms with van der Waals surface area (Å²) in [5, 5.41) is 18.2. The number of aromatic nitrogens is 9. The number of carbonyl (C=O) groups excluding carboxylic acids is 2. The molecule has 2 amide bonds. The number of morpholine rings is 1. The Morgan fingerprint density at radius 3 is 2.34 bits per heavy atom. The summed E-state index contributed by atoms with van der Waals surface area (Å²) in [6.07, 6.45) is 11.9. The van der Waals surface area contributed by atoms with E-state index in [0.29, 0.717) is 78.8 Å². The van der Waals surface area contributed by atoms with Crippen LogP contribution in [0.4, 0.5) is 27.4 Å². The average molecular weight is 849 g/mol. The van der Waals surface area contributed by atoms with Gasteiger partial charge < -0.3 is 34.6 Å². The molecule has 2 N–H and O–H groups in total. The minimum absolute atomic E-state index is 0.129. The minimum Gasteiger partial charge on any atom is -0.374 e. The van der Waals surface area contributed by atoms with Gasteiger partial charge in [-0.15, -0.1) is 5.10 Å². The van der Waals surface area contributed by atoms with Crippen LogP contribution in [0, 0.1) is 17.7 Å². The molecule has 20 heteroatoms. The minimum atomic E-state index is -0.533. The number of carbonyl (C=O) groups is 2. The molecule has 0 bridgehead atoms. The van der Waals surface area contributed by atoms with Gasteiger partial charge in [0.05, 0.1) is 61.1 Å². The SMILES string of the molecule is Cn1cc(-c2cnc3c(nnn3C[C@@H]3CN(c4ncc(N5CC(CN6CCN(CC7CCN(c8ccc(NC9CCC(=O)NC9=O)cc8F)CC7)CC6)C5)cn4)CCO3)n2)cn1. The fraction of sp³-hybridized carbons (Fsp3) is 0.548. The molecular weight excluding hydrogens is 796 g/mol. The summed E-state index contributed by atoms with van der Waals surface area (Å²) in [5.41, 5.74) is 4.90. The lowest BCUT2D eigenvalue weighted by Crippen LogP contribution is -2.55. The lowest BCUT2D eigenvalue weighted by molar-refractivity contribution is -0.133. The van der Waals surface area contributed by atoms with Crippen molar-refractivity contribution in [2.45, 2.75) is 44.4 Å². The molecule has 5 aromatic rings. The van der Waals surface area contributed by atoms with Gasteiger partial charge in [0, 0.05) is 115 Å². The molecule has 9 heterocycles. The number of imide groups is 1. The molecule has 10 rings (SSSR count). The first-order valence-corrected chi connectivity index (χ1v) is 21.8. The van der Waals surface area contributed by atoms with Gasteiger partial charge in [0.1, 0.15) is 11.9 Å². The summed E-state index contributed by atoms with van der Waals surface area (Å²) in [5.74, 6) is 1.02. The maximum absolute atomic E-state index is 15.2. The summed E-state index contributed by atoms with van der Waals surface area (Å²) in [6, 6.07) is 4.55. The smallest absolute Gasteiger partial charge is 0.249 e. The number of nitrogens with one attached hydrogen (secondary N) is 2. The highest BCUT2D eigenvalue weighted by Crippen LogP contribution is 2.30. The zero-order valence-corrected chi connectivity index (χ0v) is 35.0. The van der Waals surface area contributed by atoms with Crippen molar-refractivity contribution < 1.29 is 18.7 Å². The molecule has 2 atom stereocenters. The second kappa shape index (κ2) is 17.5. The number of aryl methyl sites for hydroxylation is 1. The summed E-state index contributed by atoms with van der Waals surface area (Å²) in [6.45, 7) is 12.7. The Kier molecular flexibility index (Phi) is 11.3. The van der Waals surface area contributed by atoms with E-state index in [4.69, 9.17) is 14.7 Å². The molecule has 5 aliphatic rings. The maximum atomic E-state index is 15.2. The fourth-order valence-electron chi connectivity index (χ4n) is 9.44. The van der Waals surface area contributed by atoms with Crippen molar-refractivity contribution in [3.05, 3.63) is 55.0 Å². The zero-order valence-electron chi connectivity index (χ0n) is 35.0. The second-order valence-corrected chi connectivity index (χ2v) is 17.4. The van der Waals surface area contributed by atoms with Crippen LogP contribution in [0.3, 0.4) is 0 Å². The van der Waals surface area contributed by atoms with E-state index in [9.17, 15) is 9.59 Å². The molecule has 62 heavy (non-hydrogen) atoms. The van der Waals surface area contributed by atoms with Crippen LogP contribution in [0.2, 0.25) is 0 Å². The molecule has 326 valence electrons. The number of nitrogens with zero attached hydrogens (tertiary/aromatic N) is 14. The number of hydrogen-bond donors (Lipinski definition) is 2. The Labute approximate surface area is 358 Å². The van der Waals surface area contributed by atoms with Gasteiger partial charge in [-0.05, 0) is 43.4 Å². The maximum Gasteiger partial charge on any atom is 0.249 e. The zero-order chi connectivity index (χ0) is 42.2. The summed E-state index contributed by atoms with van der Waals surface area (Å²) in [4.78, 5) is 54.3. The van der Waals surface area contributed by atoms with Gasteiger partial charge in [-0.25, -0.2) is 29.0 Å². The van der Waals surface area contributed by atoms with E-state index in [1.165, 1.54) is 6.07 Å². The lowest BCUT2D eigenvalue weighted by atomic mass is 9.95. The number of ether oxygens (including phenoxy) is 1. The van der Waals surface area contributed by atoms with Crippen molar-refractivity contribution in [3.63, 3.8) is 0 Å². The highest BCUT2D eigenvalue weighted by Gasteiger charge is 2.32. The molecule has 5 fully saturated rings. The Morgan fingerprint density at radius 1 is 0.839 bits per heavy atom. The van der Waals surface area contributed by atoms with Crippen LogP contribution in [-0.4, -0.2) is 164 Å². The Morgan fingerprint density at radius 2 is 1.61 bits per heavy atom.